The fourth-order valence-electron chi connectivity index (χ4n) is 5.56. The first-order chi connectivity index (χ1) is 16.5. The molecule has 5 aromatic rings. The van der Waals surface area contributed by atoms with Crippen molar-refractivity contribution in [3.63, 3.8) is 0 Å². The first kappa shape index (κ1) is 20.9. The van der Waals surface area contributed by atoms with Crippen LogP contribution in [0.4, 0.5) is 5.82 Å². The van der Waals surface area contributed by atoms with Crippen molar-refractivity contribution in [2.45, 2.75) is 25.8 Å². The molecule has 1 aliphatic rings. The molecule has 0 bridgehead atoms. The van der Waals surface area contributed by atoms with Crippen LogP contribution in [-0.4, -0.2) is 47.5 Å². The number of hydrogen-bond donors (Lipinski definition) is 1. The lowest BCUT2D eigenvalue weighted by molar-refractivity contribution is 0.0553. The van der Waals surface area contributed by atoms with Crippen LogP contribution < -0.4 is 5.73 Å². The van der Waals surface area contributed by atoms with Gasteiger partial charge in [-0.1, -0.05) is 35.5 Å². The van der Waals surface area contributed by atoms with Gasteiger partial charge in [0.1, 0.15) is 16.6 Å². The van der Waals surface area contributed by atoms with Crippen LogP contribution in [0.25, 0.3) is 33.3 Å². The number of rotatable bonds is 4. The van der Waals surface area contributed by atoms with Gasteiger partial charge in [-0.25, -0.2) is 4.68 Å². The van der Waals surface area contributed by atoms with E-state index in [0.29, 0.717) is 11.7 Å². The van der Waals surface area contributed by atoms with Crippen molar-refractivity contribution >= 4 is 27.9 Å². The Morgan fingerprint density at radius 1 is 1.06 bits per heavy atom. The normalized spacial score (nSPS) is 16.0. The number of fused-ring (bicyclic) bond motifs is 3. The van der Waals surface area contributed by atoms with E-state index in [1.807, 2.05) is 31.9 Å². The Hall–Kier alpha value is -3.72. The Kier molecular flexibility index (Phi) is 4.88. The van der Waals surface area contributed by atoms with Crippen molar-refractivity contribution in [2.24, 2.45) is 20.0 Å². The number of ether oxygens (including phenoxy) is 1. The predicted octanol–water partition coefficient (Wildman–Crippen LogP) is 3.63. The van der Waals surface area contributed by atoms with Gasteiger partial charge in [-0.15, -0.1) is 5.10 Å². The molecular formula is C25H28N8O. The van der Waals surface area contributed by atoms with E-state index in [1.165, 1.54) is 5.56 Å². The summed E-state index contributed by atoms with van der Waals surface area (Å²) in [6.07, 6.45) is 3.87. The Balaban J connectivity index is 1.69. The maximum Gasteiger partial charge on any atom is 0.170 e. The molecule has 0 aliphatic carbocycles. The minimum atomic E-state index is 0.0828. The smallest absolute Gasteiger partial charge is 0.170 e. The molecule has 6 rings (SSSR count). The maximum absolute atomic E-state index is 6.54. The number of benzene rings is 1. The number of anilines is 1. The molecule has 9 nitrogen and oxygen atoms in total. The molecule has 4 aromatic heterocycles. The highest BCUT2D eigenvalue weighted by atomic mass is 16.5. The molecule has 0 radical (unpaired) electrons. The summed E-state index contributed by atoms with van der Waals surface area (Å²) in [5, 5.41) is 13.0. The van der Waals surface area contributed by atoms with Crippen molar-refractivity contribution in [3.05, 3.63) is 53.9 Å². The lowest BCUT2D eigenvalue weighted by atomic mass is 9.86. The zero-order chi connectivity index (χ0) is 23.4. The van der Waals surface area contributed by atoms with Crippen LogP contribution in [0.1, 0.15) is 30.1 Å². The minimum absolute atomic E-state index is 0.0828. The number of aromatic nitrogens is 7. The van der Waals surface area contributed by atoms with Gasteiger partial charge in [0, 0.05) is 39.1 Å². The van der Waals surface area contributed by atoms with Crippen LogP contribution in [0.2, 0.25) is 0 Å². The summed E-state index contributed by atoms with van der Waals surface area (Å²) in [5.41, 5.74) is 14.4. The number of nitrogens with zero attached hydrogens (tertiary/aromatic N) is 7. The van der Waals surface area contributed by atoms with Crippen LogP contribution in [-0.2, 0) is 18.8 Å². The first-order valence-corrected chi connectivity index (χ1v) is 11.7. The molecule has 9 heteroatoms. The summed E-state index contributed by atoms with van der Waals surface area (Å²) in [6, 6.07) is 13.0. The second kappa shape index (κ2) is 7.95. The van der Waals surface area contributed by atoms with Gasteiger partial charge in [-0.3, -0.25) is 9.67 Å². The lowest BCUT2D eigenvalue weighted by Crippen LogP contribution is -2.27. The largest absolute Gasteiger partial charge is 0.381 e. The van der Waals surface area contributed by atoms with Crippen molar-refractivity contribution in [1.82, 2.24) is 34.3 Å². The molecular weight excluding hydrogens is 428 g/mol. The van der Waals surface area contributed by atoms with E-state index in [2.05, 4.69) is 56.4 Å². The molecule has 0 spiro atoms. The summed E-state index contributed by atoms with van der Waals surface area (Å²) >= 11 is 0. The highest BCUT2D eigenvalue weighted by molar-refractivity contribution is 6.08. The monoisotopic (exact) mass is 456 g/mol. The summed E-state index contributed by atoms with van der Waals surface area (Å²) in [5.74, 6) is 0.918. The van der Waals surface area contributed by atoms with Crippen LogP contribution in [0.15, 0.2) is 42.6 Å². The van der Waals surface area contributed by atoms with E-state index >= 15 is 0 Å². The maximum atomic E-state index is 6.54. The molecule has 0 saturated carbocycles. The molecule has 174 valence electrons. The Bertz CT molecular complexity index is 1470. The minimum Gasteiger partial charge on any atom is -0.381 e. The SMILES string of the molecule is Cc1nnn(C)c1-c1cnc2c3c(c(N)nn3C)n([C@H](c3ccccc3)C3CCOCC3)c2c1. The predicted molar refractivity (Wildman–Crippen MR) is 131 cm³/mol. The molecule has 1 atom stereocenters. The van der Waals surface area contributed by atoms with Gasteiger partial charge in [0.15, 0.2) is 5.82 Å². The topological polar surface area (TPSA) is 102 Å². The number of aryl methyl sites for hydroxylation is 3. The van der Waals surface area contributed by atoms with Gasteiger partial charge in [-0.2, -0.15) is 5.10 Å². The molecule has 5 heterocycles. The molecule has 0 unspecified atom stereocenters. The van der Waals surface area contributed by atoms with E-state index in [4.69, 9.17) is 15.5 Å². The third kappa shape index (κ3) is 3.11. The van der Waals surface area contributed by atoms with Gasteiger partial charge < -0.3 is 15.0 Å². The van der Waals surface area contributed by atoms with E-state index in [1.54, 1.807) is 4.68 Å². The van der Waals surface area contributed by atoms with Gasteiger partial charge in [0.05, 0.1) is 22.9 Å². The van der Waals surface area contributed by atoms with Gasteiger partial charge in [0.2, 0.25) is 0 Å². The average molecular weight is 457 g/mol. The highest BCUT2D eigenvalue weighted by Gasteiger charge is 2.32. The van der Waals surface area contributed by atoms with E-state index < -0.39 is 0 Å². The third-order valence-electron chi connectivity index (χ3n) is 7.04. The first-order valence-electron chi connectivity index (χ1n) is 11.7. The average Bonchev–Trinajstić information content (AvgIpc) is 3.47. The molecule has 2 N–H and O–H groups in total. The van der Waals surface area contributed by atoms with Crippen LogP contribution >= 0.6 is 0 Å². The standard InChI is InChI=1S/C25H28N8O/c1-15-21(32(3)30-28-15)18-13-19-20(27-14-18)23-24(25(26)29-31(23)2)33(19)22(16-7-5-4-6-8-16)17-9-11-34-12-10-17/h4-8,13-14,17,22H,9-12H2,1-3H3,(H2,26,29)/t22-/m1/s1. The van der Waals surface area contributed by atoms with Gasteiger partial charge in [0.25, 0.3) is 0 Å². The second-order valence-corrected chi connectivity index (χ2v) is 9.12. The summed E-state index contributed by atoms with van der Waals surface area (Å²) in [6.45, 7) is 3.50. The quantitative estimate of drug-likeness (QED) is 0.443. The molecule has 34 heavy (non-hydrogen) atoms. The number of hydrogen-bond acceptors (Lipinski definition) is 6. The fraction of sp³-hybridized carbons (Fsp3) is 0.360. The van der Waals surface area contributed by atoms with Crippen LogP contribution in [0.5, 0.6) is 0 Å². The third-order valence-corrected chi connectivity index (χ3v) is 7.04. The fourth-order valence-corrected chi connectivity index (χ4v) is 5.56. The Morgan fingerprint density at radius 2 is 1.82 bits per heavy atom. The zero-order valence-electron chi connectivity index (χ0n) is 19.6. The van der Waals surface area contributed by atoms with Crippen LogP contribution in [0, 0.1) is 12.8 Å². The van der Waals surface area contributed by atoms with Gasteiger partial charge >= 0.3 is 0 Å². The summed E-state index contributed by atoms with van der Waals surface area (Å²) in [4.78, 5) is 4.93. The number of pyridine rings is 1. The van der Waals surface area contributed by atoms with Crippen molar-refractivity contribution in [1.29, 1.82) is 0 Å². The summed E-state index contributed by atoms with van der Waals surface area (Å²) in [7, 11) is 3.84. The molecule has 0 amide bonds. The Morgan fingerprint density at radius 3 is 2.53 bits per heavy atom. The van der Waals surface area contributed by atoms with E-state index in [9.17, 15) is 0 Å². The molecule has 1 aromatic carbocycles. The molecule has 1 aliphatic heterocycles. The van der Waals surface area contributed by atoms with Crippen molar-refractivity contribution in [2.75, 3.05) is 18.9 Å². The highest BCUT2D eigenvalue weighted by Crippen LogP contribution is 2.42. The van der Waals surface area contributed by atoms with Crippen molar-refractivity contribution < 1.29 is 4.74 Å². The van der Waals surface area contributed by atoms with Gasteiger partial charge in [-0.05, 0) is 37.3 Å². The number of nitrogen functional groups attached to an aromatic ring is 1. The zero-order valence-corrected chi connectivity index (χ0v) is 19.6. The molecule has 1 saturated heterocycles. The molecule has 1 fully saturated rings. The Labute approximate surface area is 197 Å². The van der Waals surface area contributed by atoms with Crippen LogP contribution in [0.3, 0.4) is 0 Å². The summed E-state index contributed by atoms with van der Waals surface area (Å²) < 4.78 is 11.7. The van der Waals surface area contributed by atoms with Crippen molar-refractivity contribution in [3.8, 4) is 11.3 Å². The van der Waals surface area contributed by atoms with E-state index in [-0.39, 0.29) is 6.04 Å². The number of nitrogens with two attached hydrogens (primary N) is 1. The van der Waals surface area contributed by atoms with E-state index in [0.717, 1.165) is 65.1 Å². The lowest BCUT2D eigenvalue weighted by Gasteiger charge is -2.33. The second-order valence-electron chi connectivity index (χ2n) is 9.12.